The number of aryl methyl sites for hydroxylation is 1. The number of pyridine rings is 2. The van der Waals surface area contributed by atoms with Gasteiger partial charge in [-0.3, -0.25) is 0 Å². The van der Waals surface area contributed by atoms with Crippen LogP contribution in [0.25, 0.3) is 21.3 Å². The fraction of sp³-hybridized carbons (Fsp3) is 0.227. The molecule has 3 heterocycles. The number of carbonyl (C=O) groups is 2. The summed E-state index contributed by atoms with van der Waals surface area (Å²) in [6.07, 6.45) is 1.46. The van der Waals surface area contributed by atoms with Crippen molar-refractivity contribution in [2.45, 2.75) is 20.8 Å². The zero-order valence-electron chi connectivity index (χ0n) is 17.3. The van der Waals surface area contributed by atoms with Gasteiger partial charge >= 0.3 is 11.9 Å². The number of fused-ring (bicyclic) bond motifs is 2. The molecule has 0 saturated heterocycles. The standard InChI is InChI=1S/C22H20N4O4S/c1-4-29-20(27)13-7-9-16-17(10-13)31-22(25-16)26-18-14-8-6-12(3)24-19(14)23-11-15(18)21(28)30-5-2/h6-11H,4-5H2,1-3H3,(H,23,24,25,26). The normalized spacial score (nSPS) is 10.9. The van der Waals surface area contributed by atoms with Crippen LogP contribution in [0.15, 0.2) is 36.5 Å². The van der Waals surface area contributed by atoms with E-state index in [0.717, 1.165) is 15.9 Å². The van der Waals surface area contributed by atoms with E-state index in [-0.39, 0.29) is 12.6 Å². The summed E-state index contributed by atoms with van der Waals surface area (Å²) in [5.74, 6) is -0.857. The van der Waals surface area contributed by atoms with Crippen LogP contribution in [-0.2, 0) is 9.47 Å². The number of nitrogens with zero attached hydrogens (tertiary/aromatic N) is 3. The summed E-state index contributed by atoms with van der Waals surface area (Å²) in [6, 6.07) is 8.92. The molecule has 4 rings (SSSR count). The molecule has 3 aromatic heterocycles. The number of carbonyl (C=O) groups excluding carboxylic acids is 2. The monoisotopic (exact) mass is 436 g/mol. The minimum Gasteiger partial charge on any atom is -0.462 e. The number of esters is 2. The lowest BCUT2D eigenvalue weighted by molar-refractivity contribution is 0.0517. The highest BCUT2D eigenvalue weighted by atomic mass is 32.1. The molecule has 9 heteroatoms. The molecule has 0 spiro atoms. The molecule has 0 saturated carbocycles. The van der Waals surface area contributed by atoms with E-state index >= 15 is 0 Å². The number of hydrogen-bond acceptors (Lipinski definition) is 9. The maximum Gasteiger partial charge on any atom is 0.341 e. The van der Waals surface area contributed by atoms with Gasteiger partial charge in [-0.1, -0.05) is 11.3 Å². The van der Waals surface area contributed by atoms with E-state index in [1.165, 1.54) is 17.5 Å². The third-order valence-electron chi connectivity index (χ3n) is 4.50. The molecule has 0 fully saturated rings. The molecule has 0 aliphatic heterocycles. The first-order chi connectivity index (χ1) is 15.0. The molecule has 0 unspecified atom stereocenters. The molecule has 0 bridgehead atoms. The van der Waals surface area contributed by atoms with Gasteiger partial charge in [0.1, 0.15) is 5.56 Å². The maximum atomic E-state index is 12.5. The third kappa shape index (κ3) is 4.17. The van der Waals surface area contributed by atoms with E-state index in [1.807, 2.05) is 19.1 Å². The van der Waals surface area contributed by atoms with Crippen molar-refractivity contribution in [1.29, 1.82) is 0 Å². The van der Waals surface area contributed by atoms with Crippen LogP contribution >= 0.6 is 11.3 Å². The third-order valence-corrected chi connectivity index (χ3v) is 5.43. The Morgan fingerprint density at radius 1 is 1.03 bits per heavy atom. The maximum absolute atomic E-state index is 12.5. The number of anilines is 2. The van der Waals surface area contributed by atoms with E-state index in [0.29, 0.717) is 39.6 Å². The fourth-order valence-electron chi connectivity index (χ4n) is 3.10. The molecule has 0 amide bonds. The first-order valence-corrected chi connectivity index (χ1v) is 10.6. The predicted octanol–water partition coefficient (Wildman–Crippen LogP) is 4.64. The summed E-state index contributed by atoms with van der Waals surface area (Å²) in [4.78, 5) is 37.9. The molecule has 1 N–H and O–H groups in total. The Kier molecular flexibility index (Phi) is 5.77. The highest BCUT2D eigenvalue weighted by Gasteiger charge is 2.19. The summed E-state index contributed by atoms with van der Waals surface area (Å²) in [5.41, 5.74) is 3.35. The largest absolute Gasteiger partial charge is 0.462 e. The van der Waals surface area contributed by atoms with Crippen molar-refractivity contribution < 1.29 is 19.1 Å². The lowest BCUT2D eigenvalue weighted by Crippen LogP contribution is -2.09. The molecule has 8 nitrogen and oxygen atoms in total. The van der Waals surface area contributed by atoms with Crippen LogP contribution in [0.3, 0.4) is 0 Å². The highest BCUT2D eigenvalue weighted by molar-refractivity contribution is 7.22. The van der Waals surface area contributed by atoms with Crippen LogP contribution in [0.1, 0.15) is 40.3 Å². The van der Waals surface area contributed by atoms with Crippen LogP contribution in [0.4, 0.5) is 10.8 Å². The SMILES string of the molecule is CCOC(=O)c1ccc2nc(Nc3c(C(=O)OCC)cnc4nc(C)ccc34)sc2c1. The van der Waals surface area contributed by atoms with E-state index < -0.39 is 5.97 Å². The number of benzene rings is 1. The van der Waals surface area contributed by atoms with Crippen LogP contribution < -0.4 is 5.32 Å². The van der Waals surface area contributed by atoms with Gasteiger partial charge in [-0.15, -0.1) is 0 Å². The van der Waals surface area contributed by atoms with Crippen molar-refractivity contribution in [3.63, 3.8) is 0 Å². The van der Waals surface area contributed by atoms with E-state index in [2.05, 4.69) is 20.3 Å². The van der Waals surface area contributed by atoms with Crippen molar-refractivity contribution in [1.82, 2.24) is 15.0 Å². The molecule has 31 heavy (non-hydrogen) atoms. The van der Waals surface area contributed by atoms with Crippen molar-refractivity contribution in [2.75, 3.05) is 18.5 Å². The minimum absolute atomic E-state index is 0.250. The van der Waals surface area contributed by atoms with Crippen molar-refractivity contribution in [3.05, 3.63) is 53.3 Å². The molecule has 1 aromatic carbocycles. The average Bonchev–Trinajstić information content (AvgIpc) is 3.15. The number of hydrogen-bond donors (Lipinski definition) is 1. The smallest absolute Gasteiger partial charge is 0.341 e. The second-order valence-electron chi connectivity index (χ2n) is 6.64. The van der Waals surface area contributed by atoms with Gasteiger partial charge in [0.25, 0.3) is 0 Å². The molecule has 158 valence electrons. The Hall–Kier alpha value is -3.59. The van der Waals surface area contributed by atoms with Gasteiger partial charge in [0.2, 0.25) is 0 Å². The van der Waals surface area contributed by atoms with E-state index in [9.17, 15) is 9.59 Å². The molecule has 0 radical (unpaired) electrons. The lowest BCUT2D eigenvalue weighted by atomic mass is 10.1. The number of rotatable bonds is 6. The molecule has 0 aliphatic rings. The number of thiazole rings is 1. The summed E-state index contributed by atoms with van der Waals surface area (Å²) in [6.45, 7) is 5.95. The van der Waals surface area contributed by atoms with Crippen molar-refractivity contribution >= 4 is 55.3 Å². The second kappa shape index (κ2) is 8.65. The molecular formula is C22H20N4O4S. The molecule has 0 atom stereocenters. The molecular weight excluding hydrogens is 416 g/mol. The summed E-state index contributed by atoms with van der Waals surface area (Å²) in [5, 5.41) is 4.50. The Morgan fingerprint density at radius 2 is 1.81 bits per heavy atom. The predicted molar refractivity (Wildman–Crippen MR) is 119 cm³/mol. The fourth-order valence-corrected chi connectivity index (χ4v) is 4.01. The Bertz CT molecular complexity index is 1300. The average molecular weight is 436 g/mol. The second-order valence-corrected chi connectivity index (χ2v) is 7.67. The highest BCUT2D eigenvalue weighted by Crippen LogP contribution is 2.33. The number of nitrogens with one attached hydrogen (secondary N) is 1. The van der Waals surface area contributed by atoms with Gasteiger partial charge in [-0.2, -0.15) is 0 Å². The van der Waals surface area contributed by atoms with E-state index in [4.69, 9.17) is 9.47 Å². The van der Waals surface area contributed by atoms with Gasteiger partial charge in [0.15, 0.2) is 10.8 Å². The zero-order chi connectivity index (χ0) is 22.0. The lowest BCUT2D eigenvalue weighted by Gasteiger charge is -2.12. The Morgan fingerprint density at radius 3 is 2.58 bits per heavy atom. The zero-order valence-corrected chi connectivity index (χ0v) is 18.1. The number of ether oxygens (including phenoxy) is 2. The summed E-state index contributed by atoms with van der Waals surface area (Å²) in [7, 11) is 0. The van der Waals surface area contributed by atoms with Gasteiger partial charge in [-0.05, 0) is 51.1 Å². The number of aromatic nitrogens is 3. The molecule has 0 aliphatic carbocycles. The minimum atomic E-state index is -0.481. The topological polar surface area (TPSA) is 103 Å². The first-order valence-electron chi connectivity index (χ1n) is 9.78. The van der Waals surface area contributed by atoms with Gasteiger partial charge < -0.3 is 14.8 Å². The first kappa shape index (κ1) is 20.7. The van der Waals surface area contributed by atoms with E-state index in [1.54, 1.807) is 32.0 Å². The van der Waals surface area contributed by atoms with Crippen LogP contribution in [-0.4, -0.2) is 40.1 Å². The van der Waals surface area contributed by atoms with Crippen LogP contribution in [0.5, 0.6) is 0 Å². The van der Waals surface area contributed by atoms with Gasteiger partial charge in [0.05, 0.1) is 34.7 Å². The summed E-state index contributed by atoms with van der Waals surface area (Å²) >= 11 is 1.36. The van der Waals surface area contributed by atoms with Crippen molar-refractivity contribution in [2.24, 2.45) is 0 Å². The Balaban J connectivity index is 1.77. The van der Waals surface area contributed by atoms with Crippen LogP contribution in [0, 0.1) is 6.92 Å². The van der Waals surface area contributed by atoms with Crippen molar-refractivity contribution in [3.8, 4) is 0 Å². The quantitative estimate of drug-likeness (QED) is 0.436. The Labute approximate surface area is 182 Å². The van der Waals surface area contributed by atoms with Gasteiger partial charge in [0, 0.05) is 17.3 Å². The van der Waals surface area contributed by atoms with Crippen LogP contribution in [0.2, 0.25) is 0 Å². The summed E-state index contributed by atoms with van der Waals surface area (Å²) < 4.78 is 11.1. The molecule has 4 aromatic rings. The van der Waals surface area contributed by atoms with Gasteiger partial charge in [-0.25, -0.2) is 24.5 Å².